The summed E-state index contributed by atoms with van der Waals surface area (Å²) in [6.07, 6.45) is 0.859. The van der Waals surface area contributed by atoms with Crippen LogP contribution in [0.25, 0.3) is 0 Å². The molecule has 1 rings (SSSR count). The summed E-state index contributed by atoms with van der Waals surface area (Å²) in [7, 11) is 3.69. The molecule has 0 bridgehead atoms. The maximum absolute atomic E-state index is 11.4. The molecule has 0 radical (unpaired) electrons. The van der Waals surface area contributed by atoms with Crippen molar-refractivity contribution < 1.29 is 9.53 Å². The number of methoxy groups -OCH3 is 1. The maximum Gasteiger partial charge on any atom is 0.235 e. The number of hydrogen-bond donors (Lipinski definition) is 2. The van der Waals surface area contributed by atoms with Gasteiger partial charge in [0.05, 0.1) is 13.2 Å². The van der Waals surface area contributed by atoms with Crippen LogP contribution in [0.4, 0.5) is 0 Å². The number of para-hydroxylation sites is 1. The highest BCUT2D eigenvalue weighted by atomic mass is 16.5. The van der Waals surface area contributed by atoms with E-state index < -0.39 is 0 Å². The van der Waals surface area contributed by atoms with E-state index >= 15 is 0 Å². The van der Waals surface area contributed by atoms with Crippen LogP contribution in [0, 0.1) is 0 Å². The highest BCUT2D eigenvalue weighted by molar-refractivity contribution is 5.80. The van der Waals surface area contributed by atoms with E-state index in [9.17, 15) is 4.79 Å². The molecule has 0 aromatic heterocycles. The Balaban J connectivity index is 2.65. The number of nitrogens with zero attached hydrogens (tertiary/aromatic N) is 1. The molecule has 0 aliphatic heterocycles. The van der Waals surface area contributed by atoms with Crippen LogP contribution >= 0.6 is 0 Å². The number of benzene rings is 1. The number of amides is 1. The number of nitrogens with two attached hydrogens (primary N) is 1. The van der Waals surface area contributed by atoms with Crippen LogP contribution in [0.2, 0.25) is 0 Å². The molecule has 0 saturated heterocycles. The number of hydrogen-bond acceptors (Lipinski definition) is 4. The van der Waals surface area contributed by atoms with E-state index in [4.69, 9.17) is 10.5 Å². The quantitative estimate of drug-likeness (QED) is 0.713. The highest BCUT2D eigenvalue weighted by Gasteiger charge is 2.20. The van der Waals surface area contributed by atoms with Crippen molar-refractivity contribution in [1.29, 1.82) is 0 Å². The van der Waals surface area contributed by atoms with E-state index in [-0.39, 0.29) is 18.0 Å². The Morgan fingerprint density at radius 1 is 1.43 bits per heavy atom. The summed E-state index contributed by atoms with van der Waals surface area (Å²) in [5.74, 6) is 0.587. The summed E-state index contributed by atoms with van der Waals surface area (Å²) in [5, 5.41) is 3.11. The predicted octanol–water partition coefficient (Wildman–Crippen LogP) is 1.02. The molecule has 0 spiro atoms. The van der Waals surface area contributed by atoms with Crippen LogP contribution in [-0.4, -0.2) is 50.1 Å². The van der Waals surface area contributed by atoms with Crippen molar-refractivity contribution in [2.24, 2.45) is 5.73 Å². The van der Waals surface area contributed by atoms with Gasteiger partial charge >= 0.3 is 0 Å². The average molecular weight is 293 g/mol. The third-order valence-corrected chi connectivity index (χ3v) is 3.72. The molecule has 118 valence electrons. The van der Waals surface area contributed by atoms with Crippen molar-refractivity contribution in [2.75, 3.05) is 27.2 Å². The number of ether oxygens (including phenoxy) is 1. The summed E-state index contributed by atoms with van der Waals surface area (Å²) in [6.45, 7) is 5.42. The standard InChI is InChI=1S/C16H27N3O2/c1-5-18-14(16(17)20)11-19(3)12(2)10-13-8-6-7-9-15(13)21-4/h6-9,12,14,18H,5,10-11H2,1-4H3,(H2,17,20). The minimum atomic E-state index is -0.319. The number of rotatable bonds is 9. The number of primary amides is 1. The molecule has 5 heteroatoms. The SMILES string of the molecule is CCNC(CN(C)C(C)Cc1ccccc1OC)C(N)=O. The summed E-state index contributed by atoms with van der Waals surface area (Å²) >= 11 is 0. The van der Waals surface area contributed by atoms with Gasteiger partial charge in [0.1, 0.15) is 5.75 Å². The number of carbonyl (C=O) groups excluding carboxylic acids is 1. The second kappa shape index (κ2) is 8.64. The fraction of sp³-hybridized carbons (Fsp3) is 0.562. The molecule has 2 atom stereocenters. The van der Waals surface area contributed by atoms with Crippen molar-refractivity contribution in [3.05, 3.63) is 29.8 Å². The van der Waals surface area contributed by atoms with E-state index in [0.29, 0.717) is 6.54 Å². The molecule has 3 N–H and O–H groups in total. The molecule has 0 saturated carbocycles. The smallest absolute Gasteiger partial charge is 0.235 e. The third kappa shape index (κ3) is 5.36. The van der Waals surface area contributed by atoms with Gasteiger partial charge in [0.25, 0.3) is 0 Å². The van der Waals surface area contributed by atoms with Crippen LogP contribution in [-0.2, 0) is 11.2 Å². The zero-order valence-electron chi connectivity index (χ0n) is 13.4. The van der Waals surface area contributed by atoms with Gasteiger partial charge < -0.3 is 20.7 Å². The van der Waals surface area contributed by atoms with Crippen LogP contribution < -0.4 is 15.8 Å². The lowest BCUT2D eigenvalue weighted by atomic mass is 10.0. The maximum atomic E-state index is 11.4. The fourth-order valence-corrected chi connectivity index (χ4v) is 2.32. The Morgan fingerprint density at radius 3 is 2.67 bits per heavy atom. The second-order valence-electron chi connectivity index (χ2n) is 5.32. The zero-order chi connectivity index (χ0) is 15.8. The molecular weight excluding hydrogens is 266 g/mol. The van der Waals surface area contributed by atoms with Crippen molar-refractivity contribution in [2.45, 2.75) is 32.4 Å². The number of nitrogens with one attached hydrogen (secondary N) is 1. The minimum Gasteiger partial charge on any atom is -0.496 e. The summed E-state index contributed by atoms with van der Waals surface area (Å²) < 4.78 is 5.38. The molecule has 1 amide bonds. The molecule has 2 unspecified atom stereocenters. The Bertz CT molecular complexity index is 451. The number of carbonyl (C=O) groups is 1. The van der Waals surface area contributed by atoms with E-state index in [0.717, 1.165) is 18.7 Å². The largest absolute Gasteiger partial charge is 0.496 e. The molecule has 1 aromatic rings. The lowest BCUT2D eigenvalue weighted by Crippen LogP contribution is -2.50. The van der Waals surface area contributed by atoms with Gasteiger partial charge in [-0.05, 0) is 38.6 Å². The van der Waals surface area contributed by atoms with E-state index in [1.54, 1.807) is 7.11 Å². The zero-order valence-corrected chi connectivity index (χ0v) is 13.4. The van der Waals surface area contributed by atoms with Gasteiger partial charge in [-0.15, -0.1) is 0 Å². The molecule has 5 nitrogen and oxygen atoms in total. The molecule has 0 aliphatic rings. The van der Waals surface area contributed by atoms with Gasteiger partial charge in [0.15, 0.2) is 0 Å². The first-order valence-electron chi connectivity index (χ1n) is 7.34. The van der Waals surface area contributed by atoms with E-state index in [1.807, 2.05) is 32.2 Å². The Labute approximate surface area is 127 Å². The summed E-state index contributed by atoms with van der Waals surface area (Å²) in [4.78, 5) is 13.6. The summed E-state index contributed by atoms with van der Waals surface area (Å²) in [6, 6.07) is 7.97. The molecule has 1 aromatic carbocycles. The number of likely N-dealkylation sites (N-methyl/N-ethyl adjacent to an activating group) is 2. The molecule has 0 aliphatic carbocycles. The normalized spacial score (nSPS) is 14.0. The van der Waals surface area contributed by atoms with Gasteiger partial charge in [-0.25, -0.2) is 0 Å². The average Bonchev–Trinajstić information content (AvgIpc) is 2.47. The van der Waals surface area contributed by atoms with Gasteiger partial charge in [0.2, 0.25) is 5.91 Å². The van der Waals surface area contributed by atoms with Gasteiger partial charge in [-0.2, -0.15) is 0 Å². The van der Waals surface area contributed by atoms with Gasteiger partial charge in [-0.3, -0.25) is 4.79 Å². The first-order chi connectivity index (χ1) is 9.99. The Kier molecular flexibility index (Phi) is 7.19. The van der Waals surface area contributed by atoms with E-state index in [1.165, 1.54) is 5.56 Å². The molecule has 0 heterocycles. The van der Waals surface area contributed by atoms with Crippen molar-refractivity contribution in [1.82, 2.24) is 10.2 Å². The molecular formula is C16H27N3O2. The van der Waals surface area contributed by atoms with Crippen LogP contribution in [0.15, 0.2) is 24.3 Å². The molecule has 0 fully saturated rings. The third-order valence-electron chi connectivity index (χ3n) is 3.72. The van der Waals surface area contributed by atoms with Gasteiger partial charge in [-0.1, -0.05) is 25.1 Å². The minimum absolute atomic E-state index is 0.279. The summed E-state index contributed by atoms with van der Waals surface area (Å²) in [5.41, 5.74) is 6.59. The van der Waals surface area contributed by atoms with Crippen molar-refractivity contribution in [3.63, 3.8) is 0 Å². The van der Waals surface area contributed by atoms with Crippen LogP contribution in [0.1, 0.15) is 19.4 Å². The Hall–Kier alpha value is -1.59. The van der Waals surface area contributed by atoms with Crippen molar-refractivity contribution >= 4 is 5.91 Å². The topological polar surface area (TPSA) is 67.6 Å². The van der Waals surface area contributed by atoms with E-state index in [2.05, 4.69) is 23.2 Å². The van der Waals surface area contributed by atoms with Crippen molar-refractivity contribution in [3.8, 4) is 5.75 Å². The molecule has 21 heavy (non-hydrogen) atoms. The lowest BCUT2D eigenvalue weighted by Gasteiger charge is -2.28. The van der Waals surface area contributed by atoms with Gasteiger partial charge in [0, 0.05) is 12.6 Å². The lowest BCUT2D eigenvalue weighted by molar-refractivity contribution is -0.120. The fourth-order valence-electron chi connectivity index (χ4n) is 2.32. The van der Waals surface area contributed by atoms with Crippen LogP contribution in [0.5, 0.6) is 5.75 Å². The second-order valence-corrected chi connectivity index (χ2v) is 5.32. The first-order valence-corrected chi connectivity index (χ1v) is 7.34. The Morgan fingerprint density at radius 2 is 2.10 bits per heavy atom. The first kappa shape index (κ1) is 17.5. The highest BCUT2D eigenvalue weighted by Crippen LogP contribution is 2.20. The monoisotopic (exact) mass is 293 g/mol. The van der Waals surface area contributed by atoms with Crippen LogP contribution in [0.3, 0.4) is 0 Å². The predicted molar refractivity (Wildman–Crippen MR) is 85.4 cm³/mol.